The molecule has 0 saturated heterocycles. The predicted octanol–water partition coefficient (Wildman–Crippen LogP) is 1.58. The second-order valence-electron chi connectivity index (χ2n) is 3.23. The largest absolute Gasteiger partial charge is 0.464 e. The number of carbonyl (C=O) groups excluding carboxylic acids is 1. The van der Waals surface area contributed by atoms with Gasteiger partial charge in [-0.2, -0.15) is 0 Å². The third kappa shape index (κ3) is 4.72. The molecular formula is C9H18O4S. The van der Waals surface area contributed by atoms with Gasteiger partial charge in [0.2, 0.25) is 0 Å². The van der Waals surface area contributed by atoms with Gasteiger partial charge >= 0.3 is 5.97 Å². The zero-order valence-electron chi connectivity index (χ0n) is 8.86. The summed E-state index contributed by atoms with van der Waals surface area (Å²) in [7, 11) is 0. The van der Waals surface area contributed by atoms with E-state index in [9.17, 15) is 9.00 Å². The van der Waals surface area contributed by atoms with E-state index >= 15 is 0 Å². The molecule has 0 aromatic carbocycles. The van der Waals surface area contributed by atoms with Crippen molar-refractivity contribution in [1.29, 1.82) is 0 Å². The van der Waals surface area contributed by atoms with Gasteiger partial charge in [-0.25, -0.2) is 4.21 Å². The molecule has 0 aromatic heterocycles. The first-order chi connectivity index (χ1) is 6.52. The summed E-state index contributed by atoms with van der Waals surface area (Å²) in [5.74, 6) is -0.254. The lowest BCUT2D eigenvalue weighted by molar-refractivity contribution is -0.144. The SMILES string of the molecule is CCC(CC)COC(=O)C(C)S(=O)O. The maximum atomic E-state index is 11.1. The minimum absolute atomic E-state index is 0.341. The van der Waals surface area contributed by atoms with Crippen LogP contribution in [0.3, 0.4) is 0 Å². The van der Waals surface area contributed by atoms with Gasteiger partial charge in [-0.3, -0.25) is 4.79 Å². The van der Waals surface area contributed by atoms with Crippen molar-refractivity contribution in [1.82, 2.24) is 0 Å². The Morgan fingerprint density at radius 2 is 1.93 bits per heavy atom. The highest BCUT2D eigenvalue weighted by Gasteiger charge is 2.20. The molecule has 0 bridgehead atoms. The lowest BCUT2D eigenvalue weighted by Crippen LogP contribution is -2.26. The van der Waals surface area contributed by atoms with Gasteiger partial charge in [-0.05, 0) is 12.8 Å². The van der Waals surface area contributed by atoms with Crippen LogP contribution in [0.2, 0.25) is 0 Å². The van der Waals surface area contributed by atoms with E-state index in [1.165, 1.54) is 6.92 Å². The van der Waals surface area contributed by atoms with Crippen molar-refractivity contribution in [2.45, 2.75) is 38.9 Å². The quantitative estimate of drug-likeness (QED) is 0.547. The summed E-state index contributed by atoms with van der Waals surface area (Å²) in [6.45, 7) is 5.77. The first-order valence-corrected chi connectivity index (χ1v) is 5.96. The van der Waals surface area contributed by atoms with E-state index in [4.69, 9.17) is 9.29 Å². The molecular weight excluding hydrogens is 204 g/mol. The molecule has 0 aliphatic rings. The third-order valence-electron chi connectivity index (χ3n) is 2.25. The fraction of sp³-hybridized carbons (Fsp3) is 0.889. The lowest BCUT2D eigenvalue weighted by atomic mass is 10.1. The maximum Gasteiger partial charge on any atom is 0.323 e. The molecule has 0 aromatic rings. The molecule has 2 atom stereocenters. The van der Waals surface area contributed by atoms with Gasteiger partial charge in [0, 0.05) is 0 Å². The van der Waals surface area contributed by atoms with E-state index in [-0.39, 0.29) is 0 Å². The Kier molecular flexibility index (Phi) is 6.74. The van der Waals surface area contributed by atoms with Crippen LogP contribution in [0.15, 0.2) is 0 Å². The summed E-state index contributed by atoms with van der Waals surface area (Å²) in [5, 5.41) is -0.954. The Labute approximate surface area is 87.3 Å². The van der Waals surface area contributed by atoms with Crippen LogP contribution in [0.4, 0.5) is 0 Å². The predicted molar refractivity (Wildman–Crippen MR) is 55.3 cm³/mol. The van der Waals surface area contributed by atoms with E-state index in [2.05, 4.69) is 0 Å². The Morgan fingerprint density at radius 1 is 1.43 bits per heavy atom. The van der Waals surface area contributed by atoms with Crippen LogP contribution in [0.25, 0.3) is 0 Å². The molecule has 0 spiro atoms. The van der Waals surface area contributed by atoms with E-state index < -0.39 is 22.3 Å². The van der Waals surface area contributed by atoms with Gasteiger partial charge in [0.05, 0.1) is 6.61 Å². The van der Waals surface area contributed by atoms with Crippen LogP contribution in [-0.2, 0) is 20.6 Å². The second kappa shape index (κ2) is 6.95. The molecule has 0 aliphatic carbocycles. The van der Waals surface area contributed by atoms with Gasteiger partial charge < -0.3 is 9.29 Å². The Bertz CT molecular complexity index is 201. The van der Waals surface area contributed by atoms with Gasteiger partial charge in [0.15, 0.2) is 16.3 Å². The van der Waals surface area contributed by atoms with E-state index in [1.807, 2.05) is 13.8 Å². The first-order valence-electron chi connectivity index (χ1n) is 4.79. The molecule has 0 heterocycles. The Hall–Kier alpha value is -0.420. The Morgan fingerprint density at radius 3 is 2.29 bits per heavy atom. The second-order valence-corrected chi connectivity index (χ2v) is 4.49. The lowest BCUT2D eigenvalue weighted by Gasteiger charge is -2.13. The highest BCUT2D eigenvalue weighted by atomic mass is 32.2. The van der Waals surface area contributed by atoms with Crippen molar-refractivity contribution in [3.05, 3.63) is 0 Å². The average Bonchev–Trinajstić information content (AvgIpc) is 2.17. The van der Waals surface area contributed by atoms with Crippen LogP contribution in [0, 0.1) is 5.92 Å². The van der Waals surface area contributed by atoms with Crippen molar-refractivity contribution in [3.63, 3.8) is 0 Å². The molecule has 0 fully saturated rings. The van der Waals surface area contributed by atoms with Gasteiger partial charge in [0.25, 0.3) is 0 Å². The van der Waals surface area contributed by atoms with Crippen LogP contribution >= 0.6 is 0 Å². The summed E-state index contributed by atoms with van der Waals surface area (Å²) >= 11 is -2.13. The standard InChI is InChI=1S/C9H18O4S/c1-4-8(5-2)6-13-9(10)7(3)14(11)12/h7-8H,4-6H2,1-3H3,(H,11,12). The number of hydrogen-bond acceptors (Lipinski definition) is 3. The van der Waals surface area contributed by atoms with Crippen LogP contribution < -0.4 is 0 Å². The number of rotatable bonds is 6. The number of ether oxygens (including phenoxy) is 1. The molecule has 0 radical (unpaired) electrons. The van der Waals surface area contributed by atoms with E-state index in [0.717, 1.165) is 12.8 Å². The molecule has 5 heteroatoms. The number of hydrogen-bond donors (Lipinski definition) is 1. The summed E-state index contributed by atoms with van der Waals surface area (Å²) in [5.41, 5.74) is 0. The molecule has 2 unspecified atom stereocenters. The molecule has 0 amide bonds. The number of carbonyl (C=O) groups is 1. The molecule has 0 saturated carbocycles. The third-order valence-corrected chi connectivity index (χ3v) is 3.05. The van der Waals surface area contributed by atoms with E-state index in [0.29, 0.717) is 12.5 Å². The van der Waals surface area contributed by atoms with Crippen molar-refractivity contribution in [2.75, 3.05) is 6.61 Å². The maximum absolute atomic E-state index is 11.1. The molecule has 0 rings (SSSR count). The fourth-order valence-corrected chi connectivity index (χ4v) is 1.16. The topological polar surface area (TPSA) is 63.6 Å². The number of esters is 1. The summed E-state index contributed by atoms with van der Waals surface area (Å²) in [4.78, 5) is 11.1. The fourth-order valence-electron chi connectivity index (χ4n) is 0.924. The minimum atomic E-state index is -2.13. The van der Waals surface area contributed by atoms with Gasteiger partial charge in [-0.1, -0.05) is 26.7 Å². The van der Waals surface area contributed by atoms with Crippen molar-refractivity contribution >= 4 is 17.0 Å². The van der Waals surface area contributed by atoms with Gasteiger partial charge in [-0.15, -0.1) is 0 Å². The summed E-state index contributed by atoms with van der Waals surface area (Å²) < 4.78 is 24.1. The highest BCUT2D eigenvalue weighted by Crippen LogP contribution is 2.08. The molecule has 0 aliphatic heterocycles. The monoisotopic (exact) mass is 222 g/mol. The molecule has 84 valence electrons. The normalized spacial score (nSPS) is 15.2. The highest BCUT2D eigenvalue weighted by molar-refractivity contribution is 7.80. The smallest absolute Gasteiger partial charge is 0.323 e. The van der Waals surface area contributed by atoms with Crippen LogP contribution in [0.5, 0.6) is 0 Å². The van der Waals surface area contributed by atoms with Crippen molar-refractivity contribution < 1.29 is 18.3 Å². The molecule has 1 N–H and O–H groups in total. The minimum Gasteiger partial charge on any atom is -0.464 e. The Balaban J connectivity index is 3.89. The van der Waals surface area contributed by atoms with Gasteiger partial charge in [0.1, 0.15) is 0 Å². The van der Waals surface area contributed by atoms with Crippen LogP contribution in [-0.4, -0.2) is 26.6 Å². The zero-order valence-corrected chi connectivity index (χ0v) is 9.67. The van der Waals surface area contributed by atoms with E-state index in [1.54, 1.807) is 0 Å². The molecule has 14 heavy (non-hydrogen) atoms. The first kappa shape index (κ1) is 13.6. The zero-order chi connectivity index (χ0) is 11.1. The summed E-state index contributed by atoms with van der Waals surface area (Å²) in [6, 6.07) is 0. The van der Waals surface area contributed by atoms with Crippen molar-refractivity contribution in [3.8, 4) is 0 Å². The summed E-state index contributed by atoms with van der Waals surface area (Å²) in [6.07, 6.45) is 1.89. The average molecular weight is 222 g/mol. The van der Waals surface area contributed by atoms with Crippen molar-refractivity contribution in [2.24, 2.45) is 5.92 Å². The van der Waals surface area contributed by atoms with Crippen LogP contribution in [0.1, 0.15) is 33.6 Å². The molecule has 4 nitrogen and oxygen atoms in total.